The van der Waals surface area contributed by atoms with E-state index in [1.54, 1.807) is 4.90 Å². The van der Waals surface area contributed by atoms with Gasteiger partial charge in [0.1, 0.15) is 6.26 Å². The molecular weight excluding hydrogens is 252 g/mol. The van der Waals surface area contributed by atoms with Crippen LogP contribution in [0, 0.1) is 5.92 Å². The smallest absolute Gasteiger partial charge is 0.409 e. The summed E-state index contributed by atoms with van der Waals surface area (Å²) in [5.41, 5.74) is -0.107. The van der Waals surface area contributed by atoms with Crippen molar-refractivity contribution in [3.05, 3.63) is 17.8 Å². The van der Waals surface area contributed by atoms with Crippen LogP contribution in [0.3, 0.4) is 0 Å². The van der Waals surface area contributed by atoms with Crippen molar-refractivity contribution < 1.29 is 23.8 Å². The van der Waals surface area contributed by atoms with Gasteiger partial charge in [-0.3, -0.25) is 0 Å². The third-order valence-electron chi connectivity index (χ3n) is 3.37. The molecule has 2 heterocycles. The van der Waals surface area contributed by atoms with Crippen LogP contribution >= 0.6 is 0 Å². The Bertz CT molecular complexity index is 502. The number of nitrogens with zero attached hydrogens (tertiary/aromatic N) is 2. The van der Waals surface area contributed by atoms with Gasteiger partial charge in [0.15, 0.2) is 5.69 Å². The number of amides is 1. The lowest BCUT2D eigenvalue weighted by molar-refractivity contribution is 0.0632. The van der Waals surface area contributed by atoms with E-state index in [9.17, 15) is 9.59 Å². The number of aromatic nitrogens is 1. The van der Waals surface area contributed by atoms with Gasteiger partial charge in [-0.05, 0) is 18.8 Å². The number of carbonyl (C=O) groups excluding carboxylic acids is 1. The predicted octanol–water partition coefficient (Wildman–Crippen LogP) is 1.32. The summed E-state index contributed by atoms with van der Waals surface area (Å²) in [7, 11) is 0. The van der Waals surface area contributed by atoms with Crippen molar-refractivity contribution in [1.82, 2.24) is 9.88 Å². The number of aromatic carboxylic acids is 1. The molecule has 3 rings (SSSR count). The van der Waals surface area contributed by atoms with Gasteiger partial charge in [0, 0.05) is 13.1 Å². The highest BCUT2D eigenvalue weighted by Crippen LogP contribution is 2.30. The topological polar surface area (TPSA) is 92.9 Å². The van der Waals surface area contributed by atoms with Crippen LogP contribution in [0.2, 0.25) is 0 Å². The summed E-state index contributed by atoms with van der Waals surface area (Å²) < 4.78 is 10.2. The monoisotopic (exact) mass is 266 g/mol. The van der Waals surface area contributed by atoms with Crippen LogP contribution in [0.1, 0.15) is 35.1 Å². The van der Waals surface area contributed by atoms with E-state index in [1.807, 2.05) is 0 Å². The molecule has 1 aromatic heterocycles. The molecule has 0 bridgehead atoms. The molecule has 7 nitrogen and oxygen atoms in total. The molecule has 19 heavy (non-hydrogen) atoms. The molecule has 1 saturated heterocycles. The number of rotatable bonds is 4. The number of hydrogen-bond acceptors (Lipinski definition) is 5. The van der Waals surface area contributed by atoms with E-state index >= 15 is 0 Å². The molecule has 1 aliphatic heterocycles. The Morgan fingerprint density at radius 2 is 2.21 bits per heavy atom. The number of ether oxygens (including phenoxy) is 1. The van der Waals surface area contributed by atoms with E-state index in [4.69, 9.17) is 14.3 Å². The Morgan fingerprint density at radius 1 is 1.47 bits per heavy atom. The van der Waals surface area contributed by atoms with E-state index in [-0.39, 0.29) is 17.7 Å². The van der Waals surface area contributed by atoms with Crippen molar-refractivity contribution in [3.8, 4) is 0 Å². The molecule has 0 spiro atoms. The van der Waals surface area contributed by atoms with Crippen LogP contribution in [0.15, 0.2) is 10.7 Å². The Hall–Kier alpha value is -2.05. The fourth-order valence-electron chi connectivity index (χ4n) is 1.92. The fraction of sp³-hybridized carbons (Fsp3) is 0.583. The minimum Gasteiger partial charge on any atom is -0.476 e. The van der Waals surface area contributed by atoms with Crippen LogP contribution in [0.4, 0.5) is 4.79 Å². The number of carbonyl (C=O) groups is 2. The molecule has 2 fully saturated rings. The van der Waals surface area contributed by atoms with E-state index in [0.29, 0.717) is 31.5 Å². The maximum absolute atomic E-state index is 11.6. The van der Waals surface area contributed by atoms with Crippen LogP contribution in [-0.2, 0) is 4.74 Å². The second-order valence-electron chi connectivity index (χ2n) is 5.00. The fourth-order valence-corrected chi connectivity index (χ4v) is 1.92. The predicted molar refractivity (Wildman–Crippen MR) is 61.8 cm³/mol. The van der Waals surface area contributed by atoms with Gasteiger partial charge in [-0.15, -0.1) is 0 Å². The minimum absolute atomic E-state index is 0.0402. The van der Waals surface area contributed by atoms with E-state index < -0.39 is 5.97 Å². The summed E-state index contributed by atoms with van der Waals surface area (Å²) in [5, 5.41) is 8.73. The Morgan fingerprint density at radius 3 is 2.79 bits per heavy atom. The maximum atomic E-state index is 11.6. The number of carboxylic acids is 1. The molecule has 1 N–H and O–H groups in total. The van der Waals surface area contributed by atoms with Crippen molar-refractivity contribution in [3.63, 3.8) is 0 Å². The van der Waals surface area contributed by atoms with Gasteiger partial charge in [0.05, 0.1) is 12.5 Å². The summed E-state index contributed by atoms with van der Waals surface area (Å²) in [6.45, 7) is 1.42. The van der Waals surface area contributed by atoms with Crippen molar-refractivity contribution in [2.45, 2.75) is 18.8 Å². The standard InChI is InChI=1S/C12H14N2O5/c15-11(16)9-6-18-10(13-9)8-3-14(4-8)12(17)19-5-7-1-2-7/h6-8H,1-5H2,(H,15,16). The molecule has 1 aromatic rings. The van der Waals surface area contributed by atoms with Gasteiger partial charge >= 0.3 is 12.1 Å². The quantitative estimate of drug-likeness (QED) is 0.883. The number of hydrogen-bond donors (Lipinski definition) is 1. The second kappa shape index (κ2) is 4.56. The largest absolute Gasteiger partial charge is 0.476 e. The molecule has 1 amide bonds. The number of likely N-dealkylation sites (tertiary alicyclic amines) is 1. The first-order chi connectivity index (χ1) is 9.13. The minimum atomic E-state index is -1.12. The number of oxazole rings is 1. The molecule has 1 saturated carbocycles. The molecule has 1 aliphatic carbocycles. The van der Waals surface area contributed by atoms with Crippen LogP contribution in [-0.4, -0.2) is 46.7 Å². The molecule has 0 aromatic carbocycles. The highest BCUT2D eigenvalue weighted by atomic mass is 16.6. The summed E-state index contributed by atoms with van der Waals surface area (Å²) in [4.78, 5) is 27.7. The van der Waals surface area contributed by atoms with Gasteiger partial charge in [-0.1, -0.05) is 0 Å². The Labute approximate surface area is 109 Å². The summed E-state index contributed by atoms with van der Waals surface area (Å²) in [6, 6.07) is 0. The molecule has 0 atom stereocenters. The first-order valence-electron chi connectivity index (χ1n) is 6.24. The lowest BCUT2D eigenvalue weighted by Gasteiger charge is -2.36. The first-order valence-corrected chi connectivity index (χ1v) is 6.24. The third-order valence-corrected chi connectivity index (χ3v) is 3.37. The summed E-state index contributed by atoms with van der Waals surface area (Å²) in [6.07, 6.45) is 3.09. The zero-order valence-corrected chi connectivity index (χ0v) is 10.2. The van der Waals surface area contributed by atoms with Gasteiger partial charge in [-0.2, -0.15) is 0 Å². The Balaban J connectivity index is 1.48. The lowest BCUT2D eigenvalue weighted by atomic mass is 10.0. The zero-order valence-electron chi connectivity index (χ0n) is 10.2. The Kier molecular flexibility index (Phi) is 2.88. The second-order valence-corrected chi connectivity index (χ2v) is 5.00. The zero-order chi connectivity index (χ0) is 13.4. The summed E-state index contributed by atoms with van der Waals surface area (Å²) in [5.74, 6) is -0.244. The van der Waals surface area contributed by atoms with Crippen molar-refractivity contribution in [2.24, 2.45) is 5.92 Å². The van der Waals surface area contributed by atoms with Gasteiger partial charge in [-0.25, -0.2) is 14.6 Å². The normalized spacial score (nSPS) is 19.1. The van der Waals surface area contributed by atoms with Crippen LogP contribution < -0.4 is 0 Å². The van der Waals surface area contributed by atoms with Gasteiger partial charge in [0.25, 0.3) is 0 Å². The molecule has 0 unspecified atom stereocenters. The summed E-state index contributed by atoms with van der Waals surface area (Å²) >= 11 is 0. The highest BCUT2D eigenvalue weighted by Gasteiger charge is 2.37. The van der Waals surface area contributed by atoms with Crippen LogP contribution in [0.5, 0.6) is 0 Å². The lowest BCUT2D eigenvalue weighted by Crippen LogP contribution is -2.48. The van der Waals surface area contributed by atoms with Crippen molar-refractivity contribution in [2.75, 3.05) is 19.7 Å². The van der Waals surface area contributed by atoms with Gasteiger partial charge in [0.2, 0.25) is 5.89 Å². The van der Waals surface area contributed by atoms with Crippen LogP contribution in [0.25, 0.3) is 0 Å². The maximum Gasteiger partial charge on any atom is 0.409 e. The molecule has 0 radical (unpaired) electrons. The van der Waals surface area contributed by atoms with Gasteiger partial charge < -0.3 is 19.2 Å². The van der Waals surface area contributed by atoms with Crippen molar-refractivity contribution >= 4 is 12.1 Å². The molecule has 102 valence electrons. The first kappa shape index (κ1) is 12.0. The molecular formula is C12H14N2O5. The third kappa shape index (κ3) is 2.54. The average molecular weight is 266 g/mol. The molecule has 2 aliphatic rings. The van der Waals surface area contributed by atoms with E-state index in [2.05, 4.69) is 4.98 Å². The SMILES string of the molecule is O=C(O)c1coc(C2CN(C(=O)OCC3CC3)C2)n1. The van der Waals surface area contributed by atoms with E-state index in [1.165, 1.54) is 0 Å². The highest BCUT2D eigenvalue weighted by molar-refractivity contribution is 5.84. The average Bonchev–Trinajstić information content (AvgIpc) is 3.02. The molecule has 7 heteroatoms. The number of carboxylic acid groups (broad SMARTS) is 1. The van der Waals surface area contributed by atoms with E-state index in [0.717, 1.165) is 19.1 Å². The van der Waals surface area contributed by atoms with Crippen molar-refractivity contribution in [1.29, 1.82) is 0 Å².